The summed E-state index contributed by atoms with van der Waals surface area (Å²) in [7, 11) is 1.74. The summed E-state index contributed by atoms with van der Waals surface area (Å²) in [4.78, 5) is 0. The molecule has 0 atom stereocenters. The molecule has 0 bridgehead atoms. The van der Waals surface area contributed by atoms with Crippen molar-refractivity contribution in [2.75, 3.05) is 5.43 Å². The van der Waals surface area contributed by atoms with Crippen molar-refractivity contribution in [2.24, 2.45) is 12.9 Å². The normalized spacial score (nSPS) is 9.67. The van der Waals surface area contributed by atoms with Crippen LogP contribution in [0.2, 0.25) is 0 Å². The molecule has 1 heterocycles. The fraction of sp³-hybridized carbons (Fsp3) is 0.333. The van der Waals surface area contributed by atoms with Crippen LogP contribution in [-0.4, -0.2) is 15.0 Å². The van der Waals surface area contributed by atoms with Gasteiger partial charge >= 0.3 is 0 Å². The molecular formula is C3H6BrN5. The van der Waals surface area contributed by atoms with E-state index in [-0.39, 0.29) is 0 Å². The average molecular weight is 192 g/mol. The molecule has 3 N–H and O–H groups in total. The molecule has 50 valence electrons. The molecule has 0 aliphatic heterocycles. The molecule has 0 radical (unpaired) electrons. The van der Waals surface area contributed by atoms with Gasteiger partial charge in [-0.15, -0.1) is 5.10 Å². The van der Waals surface area contributed by atoms with E-state index in [4.69, 9.17) is 5.84 Å². The molecule has 0 saturated heterocycles. The zero-order chi connectivity index (χ0) is 6.85. The Kier molecular flexibility index (Phi) is 1.68. The van der Waals surface area contributed by atoms with E-state index < -0.39 is 0 Å². The molecular weight excluding hydrogens is 186 g/mol. The second-order valence-corrected chi connectivity index (χ2v) is 2.25. The number of anilines is 1. The number of hydrazine groups is 1. The van der Waals surface area contributed by atoms with E-state index >= 15 is 0 Å². The van der Waals surface area contributed by atoms with Gasteiger partial charge in [0.1, 0.15) is 0 Å². The number of halogens is 1. The minimum absolute atomic E-state index is 0.618. The number of nitrogens with zero attached hydrogens (tertiary/aromatic N) is 3. The molecule has 1 aromatic rings. The number of nitrogens with one attached hydrogen (secondary N) is 1. The number of hydrogen-bond donors (Lipinski definition) is 2. The number of rotatable bonds is 1. The smallest absolute Gasteiger partial charge is 0.173 e. The van der Waals surface area contributed by atoms with Crippen molar-refractivity contribution in [1.82, 2.24) is 15.0 Å². The maximum Gasteiger partial charge on any atom is 0.173 e. The van der Waals surface area contributed by atoms with Crippen LogP contribution in [0.1, 0.15) is 0 Å². The first-order valence-electron chi connectivity index (χ1n) is 2.27. The van der Waals surface area contributed by atoms with E-state index in [9.17, 15) is 0 Å². The summed E-state index contributed by atoms with van der Waals surface area (Å²) < 4.78 is 2.15. The van der Waals surface area contributed by atoms with Crippen molar-refractivity contribution < 1.29 is 0 Å². The van der Waals surface area contributed by atoms with Gasteiger partial charge in [-0.1, -0.05) is 5.21 Å². The SMILES string of the molecule is Cn1nnc(Br)c1NN. The van der Waals surface area contributed by atoms with Gasteiger partial charge in [-0.05, 0) is 15.9 Å². The fourth-order valence-corrected chi connectivity index (χ4v) is 0.927. The molecule has 0 unspecified atom stereocenters. The Balaban J connectivity index is 3.07. The molecule has 5 nitrogen and oxygen atoms in total. The van der Waals surface area contributed by atoms with E-state index in [1.807, 2.05) is 0 Å². The Hall–Kier alpha value is -0.620. The highest BCUT2D eigenvalue weighted by Crippen LogP contribution is 2.15. The van der Waals surface area contributed by atoms with E-state index in [0.717, 1.165) is 0 Å². The van der Waals surface area contributed by atoms with Crippen LogP contribution in [0.3, 0.4) is 0 Å². The average Bonchev–Trinajstić information content (AvgIpc) is 2.12. The van der Waals surface area contributed by atoms with Gasteiger partial charge in [0.25, 0.3) is 0 Å². The van der Waals surface area contributed by atoms with Gasteiger partial charge in [-0.2, -0.15) is 0 Å². The summed E-state index contributed by atoms with van der Waals surface area (Å²) in [6.45, 7) is 0. The molecule has 0 spiro atoms. The summed E-state index contributed by atoms with van der Waals surface area (Å²) in [6.07, 6.45) is 0. The van der Waals surface area contributed by atoms with Crippen LogP contribution in [0.4, 0.5) is 5.82 Å². The number of aromatic nitrogens is 3. The summed E-state index contributed by atoms with van der Waals surface area (Å²) in [5, 5.41) is 7.34. The van der Waals surface area contributed by atoms with Gasteiger partial charge in [-0.25, -0.2) is 10.5 Å². The first-order chi connectivity index (χ1) is 4.25. The Morgan fingerprint density at radius 3 is 2.67 bits per heavy atom. The second kappa shape index (κ2) is 2.32. The lowest BCUT2D eigenvalue weighted by Gasteiger charge is -1.95. The van der Waals surface area contributed by atoms with Crippen molar-refractivity contribution in [3.05, 3.63) is 4.60 Å². The summed E-state index contributed by atoms with van der Waals surface area (Å²) in [5.41, 5.74) is 2.43. The predicted molar refractivity (Wildman–Crippen MR) is 36.5 cm³/mol. The molecule has 0 saturated carbocycles. The topological polar surface area (TPSA) is 68.8 Å². The maximum absolute atomic E-state index is 5.12. The largest absolute Gasteiger partial charge is 0.306 e. The van der Waals surface area contributed by atoms with Crippen molar-refractivity contribution in [1.29, 1.82) is 0 Å². The van der Waals surface area contributed by atoms with Crippen LogP contribution >= 0.6 is 15.9 Å². The summed E-state index contributed by atoms with van der Waals surface area (Å²) in [6, 6.07) is 0. The van der Waals surface area contributed by atoms with Crippen molar-refractivity contribution in [3.8, 4) is 0 Å². The molecule has 9 heavy (non-hydrogen) atoms. The molecule has 6 heteroatoms. The molecule has 0 aromatic carbocycles. The molecule has 0 aliphatic carbocycles. The van der Waals surface area contributed by atoms with Crippen molar-refractivity contribution >= 4 is 21.7 Å². The monoisotopic (exact) mass is 191 g/mol. The van der Waals surface area contributed by atoms with E-state index in [1.54, 1.807) is 7.05 Å². The highest BCUT2D eigenvalue weighted by molar-refractivity contribution is 9.10. The number of nitrogen functional groups attached to an aromatic ring is 1. The molecule has 0 fully saturated rings. The standard InChI is InChI=1S/C3H6BrN5/c1-9-3(6-5)2(4)7-8-9/h6H,5H2,1H3. The van der Waals surface area contributed by atoms with Crippen LogP contribution in [0.25, 0.3) is 0 Å². The van der Waals surface area contributed by atoms with E-state index in [1.165, 1.54) is 4.68 Å². The Morgan fingerprint density at radius 1 is 1.78 bits per heavy atom. The number of aryl methyl sites for hydroxylation is 1. The number of hydrogen-bond acceptors (Lipinski definition) is 4. The highest BCUT2D eigenvalue weighted by atomic mass is 79.9. The Bertz CT molecular complexity index is 186. The Morgan fingerprint density at radius 2 is 2.44 bits per heavy atom. The first-order valence-corrected chi connectivity index (χ1v) is 3.07. The maximum atomic E-state index is 5.12. The van der Waals surface area contributed by atoms with Crippen molar-refractivity contribution in [3.63, 3.8) is 0 Å². The zero-order valence-electron chi connectivity index (χ0n) is 4.80. The third-order valence-electron chi connectivity index (χ3n) is 0.922. The van der Waals surface area contributed by atoms with Gasteiger partial charge in [0.2, 0.25) is 0 Å². The molecule has 1 rings (SSSR count). The van der Waals surface area contributed by atoms with Crippen LogP contribution < -0.4 is 11.3 Å². The zero-order valence-corrected chi connectivity index (χ0v) is 6.38. The lowest BCUT2D eigenvalue weighted by atomic mass is 10.8. The lowest BCUT2D eigenvalue weighted by molar-refractivity contribution is 0.718. The summed E-state index contributed by atoms with van der Waals surface area (Å²) in [5.74, 6) is 5.78. The predicted octanol–water partition coefficient (Wildman–Crippen LogP) is -0.137. The van der Waals surface area contributed by atoms with Gasteiger partial charge in [-0.3, -0.25) is 0 Å². The van der Waals surface area contributed by atoms with E-state index in [2.05, 4.69) is 31.7 Å². The third-order valence-corrected chi connectivity index (χ3v) is 1.46. The number of nitrogens with two attached hydrogens (primary N) is 1. The van der Waals surface area contributed by atoms with Gasteiger partial charge in [0, 0.05) is 7.05 Å². The molecule has 1 aromatic heterocycles. The van der Waals surface area contributed by atoms with Crippen molar-refractivity contribution in [2.45, 2.75) is 0 Å². The first kappa shape index (κ1) is 6.50. The molecule has 0 amide bonds. The van der Waals surface area contributed by atoms with Crippen LogP contribution in [0, 0.1) is 0 Å². The van der Waals surface area contributed by atoms with Gasteiger partial charge in [0.15, 0.2) is 10.4 Å². The van der Waals surface area contributed by atoms with Crippen LogP contribution in [-0.2, 0) is 7.05 Å². The molecule has 0 aliphatic rings. The van der Waals surface area contributed by atoms with E-state index in [0.29, 0.717) is 10.4 Å². The minimum Gasteiger partial charge on any atom is -0.306 e. The van der Waals surface area contributed by atoms with Gasteiger partial charge in [0.05, 0.1) is 0 Å². The lowest BCUT2D eigenvalue weighted by Crippen LogP contribution is -2.11. The Labute approximate surface area is 60.3 Å². The third kappa shape index (κ3) is 1.03. The summed E-state index contributed by atoms with van der Waals surface area (Å²) >= 11 is 3.14. The van der Waals surface area contributed by atoms with Gasteiger partial charge < -0.3 is 5.43 Å². The van der Waals surface area contributed by atoms with Crippen LogP contribution in [0.15, 0.2) is 4.60 Å². The highest BCUT2D eigenvalue weighted by Gasteiger charge is 2.03. The second-order valence-electron chi connectivity index (χ2n) is 1.50. The minimum atomic E-state index is 0.618. The quantitative estimate of drug-likeness (QED) is 0.480. The fourth-order valence-electron chi connectivity index (χ4n) is 0.485. The van der Waals surface area contributed by atoms with Crippen LogP contribution in [0.5, 0.6) is 0 Å².